The molecule has 0 unspecified atom stereocenters. The molecule has 1 N–H and O–H groups in total. The monoisotopic (exact) mass is 389 g/mol. The van der Waals surface area contributed by atoms with E-state index in [0.717, 1.165) is 0 Å². The van der Waals surface area contributed by atoms with Crippen LogP contribution in [0.3, 0.4) is 0 Å². The molecule has 3 rings (SSSR count). The number of rotatable bonds is 4. The first-order valence-electron chi connectivity index (χ1n) is 8.02. The zero-order chi connectivity index (χ0) is 19.8. The molecular formula is C17H16F5N3O2. The van der Waals surface area contributed by atoms with E-state index in [1.807, 2.05) is 0 Å². The normalized spacial score (nSPS) is 19.3. The van der Waals surface area contributed by atoms with Crippen molar-refractivity contribution in [1.82, 2.24) is 15.1 Å². The van der Waals surface area contributed by atoms with Gasteiger partial charge in [-0.05, 0) is 23.8 Å². The van der Waals surface area contributed by atoms with E-state index in [4.69, 9.17) is 4.74 Å². The Kier molecular flexibility index (Phi) is 4.94. The van der Waals surface area contributed by atoms with Gasteiger partial charge in [-0.25, -0.2) is 13.5 Å². The van der Waals surface area contributed by atoms with E-state index < -0.39 is 42.2 Å². The molecule has 27 heavy (non-hydrogen) atoms. The number of aromatic nitrogens is 2. The molecule has 0 saturated carbocycles. The summed E-state index contributed by atoms with van der Waals surface area (Å²) in [6.07, 6.45) is -5.60. The Morgan fingerprint density at radius 3 is 2.48 bits per heavy atom. The first kappa shape index (κ1) is 19.3. The van der Waals surface area contributed by atoms with Gasteiger partial charge in [0, 0.05) is 6.42 Å². The van der Waals surface area contributed by atoms with Gasteiger partial charge in [0.15, 0.2) is 0 Å². The van der Waals surface area contributed by atoms with E-state index in [-0.39, 0.29) is 12.2 Å². The number of methoxy groups -OCH3 is 1. The second-order valence-electron chi connectivity index (χ2n) is 6.29. The molecule has 1 aliphatic rings. The van der Waals surface area contributed by atoms with E-state index in [9.17, 15) is 26.7 Å². The van der Waals surface area contributed by atoms with Crippen molar-refractivity contribution in [2.75, 3.05) is 13.7 Å². The molecule has 1 atom stereocenters. The Balaban J connectivity index is 2.01. The molecule has 1 saturated heterocycles. The molecule has 2 heterocycles. The van der Waals surface area contributed by atoms with Crippen LogP contribution in [0, 0.1) is 0 Å². The van der Waals surface area contributed by atoms with Crippen LogP contribution in [0.25, 0.3) is 0 Å². The Morgan fingerprint density at radius 2 is 1.96 bits per heavy atom. The van der Waals surface area contributed by atoms with Gasteiger partial charge in [-0.3, -0.25) is 4.79 Å². The van der Waals surface area contributed by atoms with Gasteiger partial charge >= 0.3 is 6.18 Å². The first-order chi connectivity index (χ1) is 12.6. The summed E-state index contributed by atoms with van der Waals surface area (Å²) in [5.74, 6) is -2.50. The van der Waals surface area contributed by atoms with Crippen LogP contribution in [-0.4, -0.2) is 29.4 Å². The van der Waals surface area contributed by atoms with Gasteiger partial charge in [0.05, 0.1) is 31.9 Å². The van der Waals surface area contributed by atoms with Crippen LogP contribution in [0.5, 0.6) is 5.75 Å². The Hall–Kier alpha value is -2.49. The number of ether oxygens (including phenoxy) is 1. The quantitative estimate of drug-likeness (QED) is 0.817. The topological polar surface area (TPSA) is 56.1 Å². The fourth-order valence-corrected chi connectivity index (χ4v) is 2.87. The van der Waals surface area contributed by atoms with Crippen molar-refractivity contribution in [3.63, 3.8) is 0 Å². The average molecular weight is 389 g/mol. The molecule has 0 radical (unpaired) electrons. The maximum atomic E-state index is 13.4. The van der Waals surface area contributed by atoms with Gasteiger partial charge in [-0.1, -0.05) is 12.1 Å². The summed E-state index contributed by atoms with van der Waals surface area (Å²) in [6, 6.07) is 5.82. The van der Waals surface area contributed by atoms with E-state index in [0.29, 0.717) is 22.1 Å². The number of benzene rings is 1. The van der Waals surface area contributed by atoms with Crippen molar-refractivity contribution in [3.8, 4) is 5.75 Å². The van der Waals surface area contributed by atoms with Crippen LogP contribution >= 0.6 is 0 Å². The minimum Gasteiger partial charge on any atom is -0.497 e. The molecular weight excluding hydrogens is 373 g/mol. The highest BCUT2D eigenvalue weighted by Gasteiger charge is 2.42. The van der Waals surface area contributed by atoms with Gasteiger partial charge in [0.2, 0.25) is 0 Å². The van der Waals surface area contributed by atoms with Crippen LogP contribution in [0.1, 0.15) is 29.3 Å². The predicted molar refractivity (Wildman–Crippen MR) is 85.9 cm³/mol. The van der Waals surface area contributed by atoms with Crippen molar-refractivity contribution in [2.45, 2.75) is 31.1 Å². The summed E-state index contributed by atoms with van der Waals surface area (Å²) >= 11 is 0. The number of hydrogen-bond acceptors (Lipinski definition) is 4. The van der Waals surface area contributed by atoms with Crippen molar-refractivity contribution in [1.29, 1.82) is 0 Å². The number of hydrogen-bond donors (Lipinski definition) is 1. The lowest BCUT2D eigenvalue weighted by Gasteiger charge is -2.16. The van der Waals surface area contributed by atoms with E-state index in [1.165, 1.54) is 7.11 Å². The summed E-state index contributed by atoms with van der Waals surface area (Å²) in [5, 5.41) is 6.36. The maximum absolute atomic E-state index is 13.4. The van der Waals surface area contributed by atoms with E-state index >= 15 is 0 Å². The van der Waals surface area contributed by atoms with Crippen molar-refractivity contribution in [2.24, 2.45) is 0 Å². The Morgan fingerprint density at radius 1 is 1.30 bits per heavy atom. The molecule has 1 aliphatic heterocycles. The third-order valence-corrected chi connectivity index (χ3v) is 4.26. The molecule has 1 aromatic heterocycles. The lowest BCUT2D eigenvalue weighted by molar-refractivity contribution is -0.139. The fraction of sp³-hybridized carbons (Fsp3) is 0.412. The molecule has 0 spiro atoms. The molecule has 0 amide bonds. The minimum absolute atomic E-state index is 0.233. The van der Waals surface area contributed by atoms with E-state index in [2.05, 4.69) is 10.4 Å². The molecule has 0 bridgehead atoms. The second kappa shape index (κ2) is 6.91. The number of halogens is 5. The van der Waals surface area contributed by atoms with Crippen LogP contribution in [0.2, 0.25) is 0 Å². The highest BCUT2D eigenvalue weighted by atomic mass is 19.4. The Bertz CT molecular complexity index is 878. The maximum Gasteiger partial charge on any atom is 0.421 e. The summed E-state index contributed by atoms with van der Waals surface area (Å²) < 4.78 is 72.3. The fourth-order valence-electron chi connectivity index (χ4n) is 2.87. The zero-order valence-corrected chi connectivity index (χ0v) is 14.2. The molecule has 2 aromatic rings. The van der Waals surface area contributed by atoms with Crippen molar-refractivity contribution < 1.29 is 26.7 Å². The van der Waals surface area contributed by atoms with Crippen LogP contribution in [0.15, 0.2) is 35.1 Å². The lowest BCUT2D eigenvalue weighted by Crippen LogP contribution is -2.33. The summed E-state index contributed by atoms with van der Waals surface area (Å²) in [7, 11) is 1.46. The van der Waals surface area contributed by atoms with Crippen molar-refractivity contribution >= 4 is 0 Å². The summed E-state index contributed by atoms with van der Waals surface area (Å²) in [4.78, 5) is 12.2. The van der Waals surface area contributed by atoms with Crippen LogP contribution < -0.4 is 15.6 Å². The second-order valence-corrected chi connectivity index (χ2v) is 6.29. The van der Waals surface area contributed by atoms with Gasteiger partial charge in [0.25, 0.3) is 11.5 Å². The third kappa shape index (κ3) is 4.26. The average Bonchev–Trinajstić information content (AvgIpc) is 2.96. The number of alkyl halides is 5. The van der Waals surface area contributed by atoms with Gasteiger partial charge in [0.1, 0.15) is 11.3 Å². The van der Waals surface area contributed by atoms with E-state index in [1.54, 1.807) is 24.3 Å². The Labute approximate surface area is 150 Å². The highest BCUT2D eigenvalue weighted by molar-refractivity contribution is 5.28. The van der Waals surface area contributed by atoms with Gasteiger partial charge in [-0.15, -0.1) is 0 Å². The largest absolute Gasteiger partial charge is 0.497 e. The molecule has 146 valence electrons. The lowest BCUT2D eigenvalue weighted by atomic mass is 10.1. The van der Waals surface area contributed by atoms with Crippen LogP contribution in [0.4, 0.5) is 22.0 Å². The summed E-state index contributed by atoms with van der Waals surface area (Å²) in [5.41, 5.74) is -2.49. The first-order valence-corrected chi connectivity index (χ1v) is 8.02. The molecule has 10 heteroatoms. The SMILES string of the molecule is COc1ccc(Cn2nc([C@H]3CC(F)(F)CN3)cc(C(F)(F)F)c2=O)cc1. The molecule has 5 nitrogen and oxygen atoms in total. The van der Waals surface area contributed by atoms with Crippen molar-refractivity contribution in [3.05, 3.63) is 57.5 Å². The number of nitrogens with one attached hydrogen (secondary N) is 1. The zero-order valence-electron chi connectivity index (χ0n) is 14.2. The molecule has 1 aromatic carbocycles. The van der Waals surface area contributed by atoms with Gasteiger partial charge < -0.3 is 10.1 Å². The highest BCUT2D eigenvalue weighted by Crippen LogP contribution is 2.34. The molecule has 1 fully saturated rings. The predicted octanol–water partition coefficient (Wildman–Crippen LogP) is 2.99. The minimum atomic E-state index is -4.92. The third-order valence-electron chi connectivity index (χ3n) is 4.26. The van der Waals surface area contributed by atoms with Gasteiger partial charge in [-0.2, -0.15) is 18.3 Å². The number of nitrogens with zero attached hydrogens (tertiary/aromatic N) is 2. The smallest absolute Gasteiger partial charge is 0.421 e. The standard InChI is InChI=1S/C17H16F5N3O2/c1-27-11-4-2-10(3-5-11)8-25-15(26)12(17(20,21)22)6-13(24-25)14-7-16(18,19)9-23-14/h2-6,14,23H,7-9H2,1H3/t14-/m1/s1. The summed E-state index contributed by atoms with van der Waals surface area (Å²) in [6.45, 7) is -0.888. The molecule has 0 aliphatic carbocycles. The van der Waals surface area contributed by atoms with Crippen LogP contribution in [-0.2, 0) is 12.7 Å².